The van der Waals surface area contributed by atoms with E-state index in [2.05, 4.69) is 10.2 Å². The number of nitrogens with one attached hydrogen (secondary N) is 1. The van der Waals surface area contributed by atoms with Crippen LogP contribution in [0.1, 0.15) is 28.8 Å². The van der Waals surface area contributed by atoms with Crippen LogP contribution in [0.3, 0.4) is 0 Å². The van der Waals surface area contributed by atoms with Crippen molar-refractivity contribution in [2.24, 2.45) is 5.92 Å². The zero-order chi connectivity index (χ0) is 22.2. The van der Waals surface area contributed by atoms with Gasteiger partial charge < -0.3 is 15.0 Å². The summed E-state index contributed by atoms with van der Waals surface area (Å²) in [5, 5.41) is 2.92. The molecule has 1 N–H and O–H groups in total. The van der Waals surface area contributed by atoms with Crippen molar-refractivity contribution in [2.75, 3.05) is 45.7 Å². The van der Waals surface area contributed by atoms with Gasteiger partial charge in [0.05, 0.1) is 13.2 Å². The topological polar surface area (TPSA) is 61.9 Å². The number of urea groups is 1. The highest BCUT2D eigenvalue weighted by atomic mass is 19.1. The molecule has 1 saturated heterocycles. The number of ether oxygens (including phenoxy) is 1. The van der Waals surface area contributed by atoms with Gasteiger partial charge in [-0.05, 0) is 73.8 Å². The first-order chi connectivity index (χ1) is 14.9. The summed E-state index contributed by atoms with van der Waals surface area (Å²) >= 11 is 0. The lowest BCUT2D eigenvalue weighted by molar-refractivity contribution is 0.0887. The minimum Gasteiger partial charge on any atom is -0.380 e. The van der Waals surface area contributed by atoms with Crippen molar-refractivity contribution in [1.82, 2.24) is 9.80 Å². The molecule has 0 saturated carbocycles. The Bertz CT molecular complexity index is 863. The van der Waals surface area contributed by atoms with Crippen LogP contribution < -0.4 is 5.32 Å². The van der Waals surface area contributed by atoms with E-state index in [9.17, 15) is 14.0 Å². The van der Waals surface area contributed by atoms with Crippen molar-refractivity contribution in [3.63, 3.8) is 0 Å². The van der Waals surface area contributed by atoms with Crippen LogP contribution >= 0.6 is 0 Å². The number of likely N-dealkylation sites (tertiary alicyclic amines) is 1. The third kappa shape index (κ3) is 6.87. The number of Topliss-reactive ketones (excluding diaryl/α,β-unsaturated/α-hetero) is 1. The quantitative estimate of drug-likeness (QED) is 0.646. The fourth-order valence-electron chi connectivity index (χ4n) is 3.80. The van der Waals surface area contributed by atoms with Gasteiger partial charge in [-0.3, -0.25) is 9.69 Å². The Morgan fingerprint density at radius 1 is 1.10 bits per heavy atom. The number of carbonyl (C=O) groups is 2. The van der Waals surface area contributed by atoms with Crippen molar-refractivity contribution < 1.29 is 18.7 Å². The minimum atomic E-state index is -0.339. The lowest BCUT2D eigenvalue weighted by Gasteiger charge is -2.33. The Kier molecular flexibility index (Phi) is 8.14. The van der Waals surface area contributed by atoms with Gasteiger partial charge in [0.25, 0.3) is 0 Å². The van der Waals surface area contributed by atoms with Gasteiger partial charge in [-0.2, -0.15) is 0 Å². The Morgan fingerprint density at radius 2 is 1.74 bits per heavy atom. The Morgan fingerprint density at radius 3 is 2.35 bits per heavy atom. The first-order valence-corrected chi connectivity index (χ1v) is 10.6. The van der Waals surface area contributed by atoms with Crippen LogP contribution in [0.5, 0.6) is 0 Å². The van der Waals surface area contributed by atoms with Crippen molar-refractivity contribution in [3.05, 3.63) is 65.5 Å². The highest BCUT2D eigenvalue weighted by Gasteiger charge is 2.23. The van der Waals surface area contributed by atoms with Gasteiger partial charge in [-0.1, -0.05) is 12.1 Å². The number of halogens is 1. The summed E-state index contributed by atoms with van der Waals surface area (Å²) in [6.07, 6.45) is 1.86. The van der Waals surface area contributed by atoms with Gasteiger partial charge in [0.15, 0.2) is 5.78 Å². The molecule has 166 valence electrons. The van der Waals surface area contributed by atoms with Crippen LogP contribution in [-0.4, -0.2) is 62.0 Å². The third-order valence-corrected chi connectivity index (χ3v) is 5.64. The van der Waals surface area contributed by atoms with Gasteiger partial charge in [0.2, 0.25) is 0 Å². The number of piperidine rings is 1. The molecule has 0 bridgehead atoms. The van der Waals surface area contributed by atoms with Crippen molar-refractivity contribution in [3.8, 4) is 0 Å². The van der Waals surface area contributed by atoms with Gasteiger partial charge in [0.1, 0.15) is 5.82 Å². The summed E-state index contributed by atoms with van der Waals surface area (Å²) in [6, 6.07) is 13.2. The van der Waals surface area contributed by atoms with Crippen LogP contribution in [0.2, 0.25) is 0 Å². The molecule has 1 aliphatic heterocycles. The second-order valence-corrected chi connectivity index (χ2v) is 8.09. The fourth-order valence-corrected chi connectivity index (χ4v) is 3.80. The second-order valence-electron chi connectivity index (χ2n) is 8.09. The molecule has 2 amide bonds. The van der Waals surface area contributed by atoms with E-state index in [1.54, 1.807) is 19.1 Å². The average molecular weight is 428 g/mol. The predicted octanol–water partition coefficient (Wildman–Crippen LogP) is 4.03. The van der Waals surface area contributed by atoms with E-state index in [0.717, 1.165) is 37.2 Å². The summed E-state index contributed by atoms with van der Waals surface area (Å²) in [5.41, 5.74) is 2.35. The van der Waals surface area contributed by atoms with Crippen LogP contribution in [0.4, 0.5) is 14.9 Å². The Hall–Kier alpha value is -2.77. The smallest absolute Gasteiger partial charge is 0.321 e. The first kappa shape index (κ1) is 22.9. The molecule has 2 aromatic carbocycles. The summed E-state index contributed by atoms with van der Waals surface area (Å²) < 4.78 is 18.1. The molecular formula is C24H30FN3O3. The largest absolute Gasteiger partial charge is 0.380 e. The highest BCUT2D eigenvalue weighted by Crippen LogP contribution is 2.19. The van der Waals surface area contributed by atoms with Crippen LogP contribution in [0.15, 0.2) is 48.5 Å². The fraction of sp³-hybridized carbons (Fsp3) is 0.417. The predicted molar refractivity (Wildman–Crippen MR) is 119 cm³/mol. The number of methoxy groups -OCH3 is 1. The number of hydrogen-bond acceptors (Lipinski definition) is 4. The standard InChI is InChI=1S/C24H30FN3O3/c1-27(24(30)26-22-9-3-19(4-10-22)17-31-2)15-18-11-13-28(14-12-18)16-23(29)20-5-7-21(25)8-6-20/h3-10,18H,11-17H2,1-2H3,(H,26,30). The molecule has 2 aromatic rings. The molecule has 1 heterocycles. The molecule has 0 atom stereocenters. The van der Waals surface area contributed by atoms with E-state index < -0.39 is 0 Å². The van der Waals surface area contributed by atoms with Gasteiger partial charge >= 0.3 is 6.03 Å². The monoisotopic (exact) mass is 427 g/mol. The first-order valence-electron chi connectivity index (χ1n) is 10.6. The lowest BCUT2D eigenvalue weighted by Crippen LogP contribution is -2.42. The summed E-state index contributed by atoms with van der Waals surface area (Å²) in [5.74, 6) is 0.0668. The van der Waals surface area contributed by atoms with Gasteiger partial charge in [-0.15, -0.1) is 0 Å². The molecule has 3 rings (SSSR count). The normalized spacial score (nSPS) is 14.9. The molecule has 1 fully saturated rings. The zero-order valence-corrected chi connectivity index (χ0v) is 18.1. The maximum Gasteiger partial charge on any atom is 0.321 e. The molecule has 0 spiro atoms. The number of hydrogen-bond donors (Lipinski definition) is 1. The van der Waals surface area contributed by atoms with E-state index in [1.165, 1.54) is 24.3 Å². The van der Waals surface area contributed by atoms with E-state index >= 15 is 0 Å². The number of ketones is 1. The lowest BCUT2D eigenvalue weighted by atomic mass is 9.96. The van der Waals surface area contributed by atoms with Crippen molar-refractivity contribution in [1.29, 1.82) is 0 Å². The van der Waals surface area contributed by atoms with E-state index in [-0.39, 0.29) is 17.6 Å². The van der Waals surface area contributed by atoms with Crippen LogP contribution in [0, 0.1) is 11.7 Å². The summed E-state index contributed by atoms with van der Waals surface area (Å²) in [7, 11) is 3.46. The second kappa shape index (κ2) is 11.0. The molecular weight excluding hydrogens is 397 g/mol. The number of nitrogens with zero attached hydrogens (tertiary/aromatic N) is 2. The molecule has 0 unspecified atom stereocenters. The van der Waals surface area contributed by atoms with E-state index in [1.807, 2.05) is 24.3 Å². The summed E-state index contributed by atoms with van der Waals surface area (Å²) in [4.78, 5) is 28.7. The molecule has 0 aromatic heterocycles. The highest BCUT2D eigenvalue weighted by molar-refractivity contribution is 5.97. The number of rotatable bonds is 8. The molecule has 0 radical (unpaired) electrons. The van der Waals surface area contributed by atoms with Gasteiger partial charge in [0, 0.05) is 32.0 Å². The molecule has 6 nitrogen and oxygen atoms in total. The number of benzene rings is 2. The van der Waals surface area contributed by atoms with Crippen molar-refractivity contribution in [2.45, 2.75) is 19.4 Å². The maximum atomic E-state index is 13.0. The maximum absolute atomic E-state index is 13.0. The van der Waals surface area contributed by atoms with Crippen LogP contribution in [-0.2, 0) is 11.3 Å². The number of carbonyl (C=O) groups excluding carboxylic acids is 2. The zero-order valence-electron chi connectivity index (χ0n) is 18.1. The number of amides is 2. The number of anilines is 1. The molecule has 31 heavy (non-hydrogen) atoms. The molecule has 1 aliphatic rings. The van der Waals surface area contributed by atoms with E-state index in [0.29, 0.717) is 31.2 Å². The van der Waals surface area contributed by atoms with Crippen LogP contribution in [0.25, 0.3) is 0 Å². The minimum absolute atomic E-state index is 0.00598. The third-order valence-electron chi connectivity index (χ3n) is 5.64. The van der Waals surface area contributed by atoms with Crippen molar-refractivity contribution >= 4 is 17.5 Å². The Balaban J connectivity index is 1.40. The van der Waals surface area contributed by atoms with Gasteiger partial charge in [-0.25, -0.2) is 9.18 Å². The van der Waals surface area contributed by atoms with E-state index in [4.69, 9.17) is 4.74 Å². The average Bonchev–Trinajstić information content (AvgIpc) is 2.77. The SMILES string of the molecule is COCc1ccc(NC(=O)N(C)CC2CCN(CC(=O)c3ccc(F)cc3)CC2)cc1. The molecule has 7 heteroatoms. The summed E-state index contributed by atoms with van der Waals surface area (Å²) in [6.45, 7) is 3.19. The molecule has 0 aliphatic carbocycles. The Labute approximate surface area is 183 Å².